The van der Waals surface area contributed by atoms with Gasteiger partial charge in [-0.15, -0.1) is 0 Å². The summed E-state index contributed by atoms with van der Waals surface area (Å²) >= 11 is 0. The minimum atomic E-state index is -0.856. The first-order chi connectivity index (χ1) is 11.8. The van der Waals surface area contributed by atoms with E-state index in [9.17, 15) is 9.59 Å². The third kappa shape index (κ3) is 4.47. The lowest BCUT2D eigenvalue weighted by Gasteiger charge is -2.14. The summed E-state index contributed by atoms with van der Waals surface area (Å²) in [6.07, 6.45) is -0.856. The molecule has 0 fully saturated rings. The topological polar surface area (TPSA) is 73.2 Å². The summed E-state index contributed by atoms with van der Waals surface area (Å²) in [4.78, 5) is 24.5. The Morgan fingerprint density at radius 1 is 1.16 bits per heavy atom. The van der Waals surface area contributed by atoms with Gasteiger partial charge in [0.05, 0.1) is 17.1 Å². The molecule has 0 radical (unpaired) electrons. The Hall–Kier alpha value is -2.63. The van der Waals surface area contributed by atoms with Gasteiger partial charge in [0.15, 0.2) is 6.10 Å². The molecule has 1 heterocycles. The number of rotatable bonds is 6. The number of nitrogens with one attached hydrogen (secondary N) is 1. The smallest absolute Gasteiger partial charge is 0.342 e. The first kappa shape index (κ1) is 18.7. The van der Waals surface area contributed by atoms with Crippen LogP contribution >= 0.6 is 0 Å². The molecule has 1 N–H and O–H groups in total. The van der Waals surface area contributed by atoms with Crippen LogP contribution in [0.25, 0.3) is 5.69 Å². The number of nitrogens with zero attached hydrogens (tertiary/aromatic N) is 2. The standard InChI is InChI=1S/C19H25N3O3/c1-12(2)11-20-18(23)15(5)25-19(24)17-13(3)21-22(14(17)4)16-9-7-6-8-10-16/h6-10,12,15H,11H2,1-5H3,(H,20,23)/t15-/m1/s1. The van der Waals surface area contributed by atoms with Crippen molar-refractivity contribution in [3.63, 3.8) is 0 Å². The molecule has 6 nitrogen and oxygen atoms in total. The molecule has 134 valence electrons. The van der Waals surface area contributed by atoms with Gasteiger partial charge in [-0.2, -0.15) is 5.10 Å². The van der Waals surface area contributed by atoms with Crippen molar-refractivity contribution in [2.24, 2.45) is 5.92 Å². The van der Waals surface area contributed by atoms with E-state index in [4.69, 9.17) is 4.74 Å². The number of amides is 1. The maximum Gasteiger partial charge on any atom is 0.342 e. The van der Waals surface area contributed by atoms with E-state index in [1.807, 2.05) is 51.1 Å². The first-order valence-corrected chi connectivity index (χ1v) is 8.41. The molecule has 0 bridgehead atoms. The Balaban J connectivity index is 2.15. The summed E-state index contributed by atoms with van der Waals surface area (Å²) in [5, 5.41) is 7.19. The molecule has 0 unspecified atom stereocenters. The van der Waals surface area contributed by atoms with Gasteiger partial charge in [-0.25, -0.2) is 9.48 Å². The Morgan fingerprint density at radius 2 is 1.80 bits per heavy atom. The van der Waals surface area contributed by atoms with Crippen LogP contribution in [0.2, 0.25) is 0 Å². The Labute approximate surface area is 148 Å². The molecular weight excluding hydrogens is 318 g/mol. The fourth-order valence-corrected chi connectivity index (χ4v) is 2.48. The molecule has 0 spiro atoms. The zero-order valence-corrected chi connectivity index (χ0v) is 15.4. The number of aryl methyl sites for hydroxylation is 1. The number of hydrogen-bond donors (Lipinski definition) is 1. The predicted molar refractivity (Wildman–Crippen MR) is 95.8 cm³/mol. The molecule has 1 aromatic carbocycles. The summed E-state index contributed by atoms with van der Waals surface area (Å²) < 4.78 is 7.04. The molecule has 1 atom stereocenters. The quantitative estimate of drug-likeness (QED) is 0.819. The lowest BCUT2D eigenvalue weighted by atomic mass is 10.2. The number of carbonyl (C=O) groups excluding carboxylic acids is 2. The molecule has 2 aromatic rings. The van der Waals surface area contributed by atoms with Crippen LogP contribution in [0.3, 0.4) is 0 Å². The largest absolute Gasteiger partial charge is 0.449 e. The summed E-state index contributed by atoms with van der Waals surface area (Å²) in [7, 11) is 0. The number of ether oxygens (including phenoxy) is 1. The van der Waals surface area contributed by atoms with E-state index >= 15 is 0 Å². The van der Waals surface area contributed by atoms with Gasteiger partial charge in [-0.1, -0.05) is 32.0 Å². The molecular formula is C19H25N3O3. The zero-order chi connectivity index (χ0) is 18.6. The summed E-state index contributed by atoms with van der Waals surface area (Å²) in [6.45, 7) is 9.69. The third-order valence-electron chi connectivity index (χ3n) is 3.83. The average Bonchev–Trinajstić information content (AvgIpc) is 2.87. The lowest BCUT2D eigenvalue weighted by molar-refractivity contribution is -0.129. The van der Waals surface area contributed by atoms with E-state index in [-0.39, 0.29) is 5.91 Å². The number of hydrogen-bond acceptors (Lipinski definition) is 4. The monoisotopic (exact) mass is 343 g/mol. The van der Waals surface area contributed by atoms with Crippen molar-refractivity contribution >= 4 is 11.9 Å². The highest BCUT2D eigenvalue weighted by Gasteiger charge is 2.25. The highest BCUT2D eigenvalue weighted by molar-refractivity contribution is 5.94. The number of carbonyl (C=O) groups is 2. The highest BCUT2D eigenvalue weighted by atomic mass is 16.5. The minimum absolute atomic E-state index is 0.298. The van der Waals surface area contributed by atoms with Crippen LogP contribution < -0.4 is 5.32 Å². The van der Waals surface area contributed by atoms with Crippen LogP contribution in [-0.4, -0.2) is 34.3 Å². The molecule has 0 aliphatic rings. The second-order valence-electron chi connectivity index (χ2n) is 6.48. The molecule has 0 aliphatic carbocycles. The second-order valence-corrected chi connectivity index (χ2v) is 6.48. The van der Waals surface area contributed by atoms with Crippen molar-refractivity contribution < 1.29 is 14.3 Å². The van der Waals surface area contributed by atoms with E-state index in [1.54, 1.807) is 18.5 Å². The first-order valence-electron chi connectivity index (χ1n) is 8.41. The molecule has 1 amide bonds. The maximum absolute atomic E-state index is 12.5. The zero-order valence-electron chi connectivity index (χ0n) is 15.4. The van der Waals surface area contributed by atoms with E-state index < -0.39 is 12.1 Å². The summed E-state index contributed by atoms with van der Waals surface area (Å²) in [5.41, 5.74) is 2.52. The van der Waals surface area contributed by atoms with Crippen LogP contribution in [0.4, 0.5) is 0 Å². The van der Waals surface area contributed by atoms with Gasteiger partial charge < -0.3 is 10.1 Å². The van der Waals surface area contributed by atoms with Crippen molar-refractivity contribution in [3.05, 3.63) is 47.3 Å². The Kier molecular flexibility index (Phi) is 5.96. The molecule has 6 heteroatoms. The summed E-state index contributed by atoms with van der Waals surface area (Å²) in [5.74, 6) is -0.502. The van der Waals surface area contributed by atoms with Gasteiger partial charge in [0.2, 0.25) is 0 Å². The van der Waals surface area contributed by atoms with Crippen molar-refractivity contribution in [1.29, 1.82) is 0 Å². The van der Waals surface area contributed by atoms with Crippen molar-refractivity contribution in [2.45, 2.75) is 40.7 Å². The van der Waals surface area contributed by atoms with Gasteiger partial charge in [0, 0.05) is 6.54 Å². The Morgan fingerprint density at radius 3 is 2.40 bits per heavy atom. The van der Waals surface area contributed by atoms with Crippen LogP contribution in [0.1, 0.15) is 42.5 Å². The number of benzene rings is 1. The van der Waals surface area contributed by atoms with Crippen molar-refractivity contribution in [3.8, 4) is 5.69 Å². The van der Waals surface area contributed by atoms with Crippen LogP contribution in [0.5, 0.6) is 0 Å². The minimum Gasteiger partial charge on any atom is -0.449 e. The molecule has 1 aromatic heterocycles. The normalized spacial score (nSPS) is 12.1. The molecule has 25 heavy (non-hydrogen) atoms. The van der Waals surface area contributed by atoms with Gasteiger partial charge >= 0.3 is 5.97 Å². The maximum atomic E-state index is 12.5. The van der Waals surface area contributed by atoms with E-state index in [1.165, 1.54) is 0 Å². The molecule has 0 saturated heterocycles. The van der Waals surface area contributed by atoms with E-state index in [2.05, 4.69) is 10.4 Å². The van der Waals surface area contributed by atoms with Crippen LogP contribution in [0, 0.1) is 19.8 Å². The predicted octanol–water partition coefficient (Wildman–Crippen LogP) is 2.81. The highest BCUT2D eigenvalue weighted by Crippen LogP contribution is 2.19. The fourth-order valence-electron chi connectivity index (χ4n) is 2.48. The van der Waals surface area contributed by atoms with Gasteiger partial charge in [-0.05, 0) is 38.8 Å². The average molecular weight is 343 g/mol. The van der Waals surface area contributed by atoms with Crippen molar-refractivity contribution in [2.75, 3.05) is 6.54 Å². The van der Waals surface area contributed by atoms with Crippen LogP contribution in [0.15, 0.2) is 30.3 Å². The van der Waals surface area contributed by atoms with Gasteiger partial charge in [0.1, 0.15) is 5.56 Å². The molecule has 0 saturated carbocycles. The second kappa shape index (κ2) is 7.96. The molecule has 2 rings (SSSR count). The van der Waals surface area contributed by atoms with Crippen molar-refractivity contribution in [1.82, 2.24) is 15.1 Å². The number of esters is 1. The Bertz CT molecular complexity index is 751. The number of para-hydroxylation sites is 1. The summed E-state index contributed by atoms with van der Waals surface area (Å²) in [6, 6.07) is 9.56. The van der Waals surface area contributed by atoms with Gasteiger partial charge in [-0.3, -0.25) is 4.79 Å². The number of aromatic nitrogens is 2. The van der Waals surface area contributed by atoms with E-state index in [0.717, 1.165) is 5.69 Å². The lowest BCUT2D eigenvalue weighted by Crippen LogP contribution is -2.37. The van der Waals surface area contributed by atoms with Gasteiger partial charge in [0.25, 0.3) is 5.91 Å². The SMILES string of the molecule is Cc1nn(-c2ccccc2)c(C)c1C(=O)O[C@H](C)C(=O)NCC(C)C. The molecule has 0 aliphatic heterocycles. The fraction of sp³-hybridized carbons (Fsp3) is 0.421. The third-order valence-corrected chi connectivity index (χ3v) is 3.83. The van der Waals surface area contributed by atoms with Crippen LogP contribution in [-0.2, 0) is 9.53 Å². The van der Waals surface area contributed by atoms with E-state index in [0.29, 0.717) is 29.4 Å².